The molecule has 0 atom stereocenters. The number of nitrogens with zero attached hydrogens (tertiary/aromatic N) is 3. The van der Waals surface area contributed by atoms with E-state index in [-0.39, 0.29) is 12.3 Å². The number of oxazole rings is 1. The summed E-state index contributed by atoms with van der Waals surface area (Å²) in [4.78, 5) is 24.8. The van der Waals surface area contributed by atoms with Crippen molar-refractivity contribution >= 4 is 11.9 Å². The van der Waals surface area contributed by atoms with Gasteiger partial charge in [0.25, 0.3) is 0 Å². The number of carbonyl (C=O) groups is 1. The number of rotatable bonds is 6. The van der Waals surface area contributed by atoms with Crippen LogP contribution in [0.3, 0.4) is 0 Å². The molecular weight excluding hydrogens is 340 g/mol. The maximum atomic E-state index is 12.1. The van der Waals surface area contributed by atoms with Crippen LogP contribution in [0.1, 0.15) is 49.0 Å². The molecule has 0 saturated heterocycles. The van der Waals surface area contributed by atoms with Crippen molar-refractivity contribution in [1.29, 1.82) is 0 Å². The van der Waals surface area contributed by atoms with Gasteiger partial charge in [-0.15, -0.1) is 0 Å². The van der Waals surface area contributed by atoms with Gasteiger partial charge in [0.1, 0.15) is 0 Å². The molecule has 3 rings (SSSR count). The molecule has 0 aliphatic heterocycles. The first-order valence-corrected chi connectivity index (χ1v) is 9.08. The Morgan fingerprint density at radius 3 is 2.41 bits per heavy atom. The van der Waals surface area contributed by atoms with Gasteiger partial charge in [-0.3, -0.25) is 10.1 Å². The van der Waals surface area contributed by atoms with Gasteiger partial charge < -0.3 is 4.42 Å². The van der Waals surface area contributed by atoms with Crippen molar-refractivity contribution in [1.82, 2.24) is 15.0 Å². The van der Waals surface area contributed by atoms with E-state index in [9.17, 15) is 4.79 Å². The van der Waals surface area contributed by atoms with Crippen LogP contribution in [0.4, 0.5) is 5.95 Å². The van der Waals surface area contributed by atoms with Gasteiger partial charge in [-0.05, 0) is 31.4 Å². The summed E-state index contributed by atoms with van der Waals surface area (Å²) in [7, 11) is 0. The summed E-state index contributed by atoms with van der Waals surface area (Å²) in [5.41, 5.74) is 3.90. The third kappa shape index (κ3) is 5.00. The lowest BCUT2D eigenvalue weighted by atomic mass is 10.0. The Hall–Kier alpha value is -3.02. The third-order valence-electron chi connectivity index (χ3n) is 4.21. The minimum Gasteiger partial charge on any atom is -0.441 e. The zero-order valence-electron chi connectivity index (χ0n) is 16.1. The van der Waals surface area contributed by atoms with Gasteiger partial charge in [-0.2, -0.15) is 0 Å². The second kappa shape index (κ2) is 8.12. The number of nitrogens with one attached hydrogen (secondary N) is 1. The molecule has 2 heterocycles. The Morgan fingerprint density at radius 2 is 1.78 bits per heavy atom. The van der Waals surface area contributed by atoms with Crippen molar-refractivity contribution in [2.45, 2.75) is 46.5 Å². The minimum atomic E-state index is -0.166. The molecule has 0 aliphatic carbocycles. The summed E-state index contributed by atoms with van der Waals surface area (Å²) in [5, 5.41) is 2.72. The molecule has 140 valence electrons. The summed E-state index contributed by atoms with van der Waals surface area (Å²) in [6.07, 6.45) is 2.37. The van der Waals surface area contributed by atoms with Crippen molar-refractivity contribution in [2.75, 3.05) is 5.32 Å². The highest BCUT2D eigenvalue weighted by molar-refractivity contribution is 5.89. The summed E-state index contributed by atoms with van der Waals surface area (Å²) in [5.74, 6) is 1.90. The Kier molecular flexibility index (Phi) is 5.64. The fourth-order valence-electron chi connectivity index (χ4n) is 2.78. The highest BCUT2D eigenvalue weighted by atomic mass is 16.4. The molecule has 0 fully saturated rings. The molecule has 0 spiro atoms. The maximum Gasteiger partial charge on any atom is 0.229 e. The Bertz CT molecular complexity index is 909. The number of amides is 1. The van der Waals surface area contributed by atoms with Gasteiger partial charge >= 0.3 is 0 Å². The second-order valence-electron chi connectivity index (χ2n) is 6.92. The third-order valence-corrected chi connectivity index (χ3v) is 4.21. The number of benzene rings is 1. The summed E-state index contributed by atoms with van der Waals surface area (Å²) >= 11 is 0. The molecule has 1 N–H and O–H groups in total. The first-order chi connectivity index (χ1) is 12.9. The molecule has 27 heavy (non-hydrogen) atoms. The van der Waals surface area contributed by atoms with Gasteiger partial charge in [0.2, 0.25) is 11.9 Å². The predicted molar refractivity (Wildman–Crippen MR) is 104 cm³/mol. The normalized spacial score (nSPS) is 11.0. The van der Waals surface area contributed by atoms with Crippen molar-refractivity contribution < 1.29 is 9.21 Å². The van der Waals surface area contributed by atoms with Crippen LogP contribution in [-0.2, 0) is 11.2 Å². The van der Waals surface area contributed by atoms with Crippen LogP contribution in [-0.4, -0.2) is 20.9 Å². The lowest BCUT2D eigenvalue weighted by Gasteiger charge is -2.05. The first kappa shape index (κ1) is 18.8. The van der Waals surface area contributed by atoms with E-state index in [2.05, 4.69) is 46.2 Å². The van der Waals surface area contributed by atoms with Crippen molar-refractivity contribution in [3.05, 3.63) is 59.4 Å². The number of aromatic nitrogens is 3. The van der Waals surface area contributed by atoms with Crippen molar-refractivity contribution in [2.24, 2.45) is 0 Å². The Labute approximate surface area is 159 Å². The van der Waals surface area contributed by atoms with Gasteiger partial charge in [0, 0.05) is 29.8 Å². The van der Waals surface area contributed by atoms with Crippen LogP contribution >= 0.6 is 0 Å². The van der Waals surface area contributed by atoms with E-state index in [0.29, 0.717) is 29.9 Å². The van der Waals surface area contributed by atoms with E-state index in [0.717, 1.165) is 17.0 Å². The smallest absolute Gasteiger partial charge is 0.229 e. The SMILES string of the molecule is Cc1cc(C)nc(NC(=O)CCc2ncc(-c3ccc(C(C)C)cc3)o2)n1. The van der Waals surface area contributed by atoms with E-state index in [4.69, 9.17) is 4.42 Å². The molecule has 6 heteroatoms. The Morgan fingerprint density at radius 1 is 1.11 bits per heavy atom. The number of carbonyl (C=O) groups excluding carboxylic acids is 1. The second-order valence-corrected chi connectivity index (χ2v) is 6.92. The van der Waals surface area contributed by atoms with Crippen LogP contribution < -0.4 is 5.32 Å². The standard InChI is InChI=1S/C21H24N4O2/c1-13(2)16-5-7-17(8-6-16)18-12-22-20(27-18)10-9-19(26)25-21-23-14(3)11-15(4)24-21/h5-8,11-13H,9-10H2,1-4H3,(H,23,24,25,26). The molecule has 3 aromatic rings. The van der Waals surface area contributed by atoms with E-state index >= 15 is 0 Å². The summed E-state index contributed by atoms with van der Waals surface area (Å²) < 4.78 is 5.79. The van der Waals surface area contributed by atoms with Crippen LogP contribution in [0.15, 0.2) is 40.9 Å². The van der Waals surface area contributed by atoms with Gasteiger partial charge in [-0.25, -0.2) is 15.0 Å². The summed E-state index contributed by atoms with van der Waals surface area (Å²) in [6.45, 7) is 8.06. The lowest BCUT2D eigenvalue weighted by Crippen LogP contribution is -2.15. The van der Waals surface area contributed by atoms with E-state index in [1.165, 1.54) is 5.56 Å². The fraction of sp³-hybridized carbons (Fsp3) is 0.333. The maximum absolute atomic E-state index is 12.1. The van der Waals surface area contributed by atoms with E-state index in [1.54, 1.807) is 6.20 Å². The minimum absolute atomic E-state index is 0.166. The molecule has 2 aromatic heterocycles. The molecule has 0 radical (unpaired) electrons. The van der Waals surface area contributed by atoms with Crippen LogP contribution in [0.5, 0.6) is 0 Å². The molecule has 0 saturated carbocycles. The molecule has 1 amide bonds. The van der Waals surface area contributed by atoms with Crippen LogP contribution in [0.25, 0.3) is 11.3 Å². The summed E-state index contributed by atoms with van der Waals surface area (Å²) in [6, 6.07) is 10.1. The average molecular weight is 364 g/mol. The highest BCUT2D eigenvalue weighted by Gasteiger charge is 2.11. The number of anilines is 1. The molecular formula is C21H24N4O2. The van der Waals surface area contributed by atoms with E-state index in [1.807, 2.05) is 32.0 Å². The van der Waals surface area contributed by atoms with Crippen molar-refractivity contribution in [3.8, 4) is 11.3 Å². The topological polar surface area (TPSA) is 80.9 Å². The van der Waals surface area contributed by atoms with Crippen molar-refractivity contribution in [3.63, 3.8) is 0 Å². The zero-order chi connectivity index (χ0) is 19.4. The fourth-order valence-corrected chi connectivity index (χ4v) is 2.78. The predicted octanol–water partition coefficient (Wildman–Crippen LogP) is 4.44. The molecule has 0 unspecified atom stereocenters. The van der Waals surface area contributed by atoms with Gasteiger partial charge in [0.05, 0.1) is 6.20 Å². The molecule has 6 nitrogen and oxygen atoms in total. The van der Waals surface area contributed by atoms with Gasteiger partial charge in [-0.1, -0.05) is 38.1 Å². The van der Waals surface area contributed by atoms with Crippen LogP contribution in [0.2, 0.25) is 0 Å². The lowest BCUT2D eigenvalue weighted by molar-refractivity contribution is -0.116. The molecule has 1 aromatic carbocycles. The largest absolute Gasteiger partial charge is 0.441 e. The highest BCUT2D eigenvalue weighted by Crippen LogP contribution is 2.23. The number of hydrogen-bond donors (Lipinski definition) is 1. The molecule has 0 bridgehead atoms. The number of aryl methyl sites for hydroxylation is 3. The monoisotopic (exact) mass is 364 g/mol. The van der Waals surface area contributed by atoms with Crippen LogP contribution in [0, 0.1) is 13.8 Å². The van der Waals surface area contributed by atoms with Gasteiger partial charge in [0.15, 0.2) is 11.7 Å². The first-order valence-electron chi connectivity index (χ1n) is 9.08. The average Bonchev–Trinajstić information content (AvgIpc) is 3.08. The molecule has 0 aliphatic rings. The quantitative estimate of drug-likeness (QED) is 0.699. The zero-order valence-corrected chi connectivity index (χ0v) is 16.1. The number of hydrogen-bond acceptors (Lipinski definition) is 5. The van der Waals surface area contributed by atoms with E-state index < -0.39 is 0 Å². The Balaban J connectivity index is 1.58.